The number of rotatable bonds is 3. The van der Waals surface area contributed by atoms with Gasteiger partial charge >= 0.3 is 6.18 Å². The maximum Gasteiger partial charge on any atom is 0.419 e. The van der Waals surface area contributed by atoms with E-state index in [9.17, 15) is 13.2 Å². The van der Waals surface area contributed by atoms with E-state index in [1.807, 2.05) is 0 Å². The fraction of sp³-hybridized carbons (Fsp3) is 0.538. The molecular weight excluding hydrogens is 243 g/mol. The summed E-state index contributed by atoms with van der Waals surface area (Å²) < 4.78 is 43.5. The Morgan fingerprint density at radius 3 is 2.39 bits per heavy atom. The Morgan fingerprint density at radius 2 is 2.00 bits per heavy atom. The summed E-state index contributed by atoms with van der Waals surface area (Å²) >= 11 is 0. The highest BCUT2D eigenvalue weighted by Crippen LogP contribution is 2.46. The van der Waals surface area contributed by atoms with Gasteiger partial charge < -0.3 is 10.5 Å². The van der Waals surface area contributed by atoms with E-state index in [2.05, 4.69) is 0 Å². The first kappa shape index (κ1) is 13.2. The first-order chi connectivity index (χ1) is 8.43. The van der Waals surface area contributed by atoms with Crippen molar-refractivity contribution in [2.45, 2.75) is 30.9 Å². The second-order valence-electron chi connectivity index (χ2n) is 4.75. The van der Waals surface area contributed by atoms with Crippen LogP contribution in [0, 0.1) is 0 Å². The molecule has 2 nitrogen and oxygen atoms in total. The summed E-state index contributed by atoms with van der Waals surface area (Å²) in [6.45, 7) is 0.386. The largest absolute Gasteiger partial charge is 0.496 e. The summed E-state index contributed by atoms with van der Waals surface area (Å²) in [6.07, 6.45) is -1.67. The number of methoxy groups -OCH3 is 1. The summed E-state index contributed by atoms with van der Waals surface area (Å²) in [6, 6.07) is 4.26. The third-order valence-corrected chi connectivity index (χ3v) is 3.82. The number of nitrogens with two attached hydrogens (primary N) is 1. The number of alkyl halides is 3. The Morgan fingerprint density at radius 1 is 1.33 bits per heavy atom. The number of benzene rings is 1. The van der Waals surface area contributed by atoms with Crippen LogP contribution in [-0.4, -0.2) is 13.7 Å². The van der Waals surface area contributed by atoms with E-state index >= 15 is 0 Å². The summed E-state index contributed by atoms with van der Waals surface area (Å²) in [7, 11) is 1.24. The number of hydrogen-bond donors (Lipinski definition) is 1. The molecule has 2 N–H and O–H groups in total. The third kappa shape index (κ3) is 2.07. The maximum absolute atomic E-state index is 12.9. The first-order valence-corrected chi connectivity index (χ1v) is 5.89. The molecule has 0 aromatic heterocycles. The Hall–Kier alpha value is -1.23. The molecule has 18 heavy (non-hydrogen) atoms. The molecule has 1 aromatic carbocycles. The van der Waals surface area contributed by atoms with Gasteiger partial charge in [-0.3, -0.25) is 0 Å². The van der Waals surface area contributed by atoms with Crippen LogP contribution < -0.4 is 10.5 Å². The molecule has 0 saturated heterocycles. The molecule has 1 aromatic rings. The molecule has 0 spiro atoms. The van der Waals surface area contributed by atoms with E-state index in [0.29, 0.717) is 12.1 Å². The highest BCUT2D eigenvalue weighted by atomic mass is 19.4. The highest BCUT2D eigenvalue weighted by Gasteiger charge is 2.40. The zero-order valence-corrected chi connectivity index (χ0v) is 10.2. The molecule has 0 aliphatic heterocycles. The second-order valence-corrected chi connectivity index (χ2v) is 4.75. The minimum Gasteiger partial charge on any atom is -0.496 e. The molecule has 0 radical (unpaired) electrons. The van der Waals surface area contributed by atoms with Crippen LogP contribution in [0.5, 0.6) is 5.75 Å². The summed E-state index contributed by atoms with van der Waals surface area (Å²) in [5.41, 5.74) is 5.40. The molecule has 1 aliphatic carbocycles. The average Bonchev–Trinajstić information content (AvgIpc) is 2.27. The number of hydrogen-bond acceptors (Lipinski definition) is 2. The van der Waals surface area contributed by atoms with Gasteiger partial charge in [-0.1, -0.05) is 12.5 Å². The van der Waals surface area contributed by atoms with Crippen molar-refractivity contribution in [1.82, 2.24) is 0 Å². The quantitative estimate of drug-likeness (QED) is 0.905. The Labute approximate surface area is 104 Å². The molecule has 0 atom stereocenters. The average molecular weight is 259 g/mol. The van der Waals surface area contributed by atoms with Gasteiger partial charge in [0.05, 0.1) is 12.7 Å². The van der Waals surface area contributed by atoms with E-state index in [1.165, 1.54) is 19.2 Å². The van der Waals surface area contributed by atoms with E-state index in [4.69, 9.17) is 10.5 Å². The molecule has 1 saturated carbocycles. The van der Waals surface area contributed by atoms with Gasteiger partial charge in [0.2, 0.25) is 0 Å². The van der Waals surface area contributed by atoms with Crippen molar-refractivity contribution >= 4 is 0 Å². The maximum atomic E-state index is 12.9. The predicted molar refractivity (Wildman–Crippen MR) is 62.6 cm³/mol. The zero-order chi connectivity index (χ0) is 13.4. The van der Waals surface area contributed by atoms with Crippen molar-refractivity contribution in [3.63, 3.8) is 0 Å². The molecule has 1 aliphatic rings. The lowest BCUT2D eigenvalue weighted by Gasteiger charge is -2.41. The van der Waals surface area contributed by atoms with Crippen LogP contribution in [0.4, 0.5) is 13.2 Å². The molecule has 2 rings (SSSR count). The smallest absolute Gasteiger partial charge is 0.419 e. The zero-order valence-electron chi connectivity index (χ0n) is 10.2. The van der Waals surface area contributed by atoms with Crippen LogP contribution in [0.25, 0.3) is 0 Å². The van der Waals surface area contributed by atoms with Crippen LogP contribution in [0.2, 0.25) is 0 Å². The Bertz CT molecular complexity index is 433. The van der Waals surface area contributed by atoms with Gasteiger partial charge in [-0.05, 0) is 30.5 Å². The molecule has 0 amide bonds. The lowest BCUT2D eigenvalue weighted by atomic mass is 9.64. The molecule has 1 fully saturated rings. The van der Waals surface area contributed by atoms with Crippen molar-refractivity contribution in [2.75, 3.05) is 13.7 Å². The first-order valence-electron chi connectivity index (χ1n) is 5.89. The van der Waals surface area contributed by atoms with Gasteiger partial charge in [0.15, 0.2) is 0 Å². The van der Waals surface area contributed by atoms with Gasteiger partial charge in [-0.2, -0.15) is 13.2 Å². The lowest BCUT2D eigenvalue weighted by Crippen LogP contribution is -2.41. The molecule has 0 heterocycles. The van der Waals surface area contributed by atoms with Crippen molar-refractivity contribution in [3.05, 3.63) is 29.3 Å². The van der Waals surface area contributed by atoms with Gasteiger partial charge in [0, 0.05) is 12.0 Å². The summed E-state index contributed by atoms with van der Waals surface area (Å²) in [5, 5.41) is 0. The molecule has 0 bridgehead atoms. The molecular formula is C13H16F3NO. The van der Waals surface area contributed by atoms with Crippen LogP contribution in [-0.2, 0) is 11.6 Å². The minimum atomic E-state index is -4.40. The standard InChI is InChI=1S/C13H16F3NO/c1-18-11-4-3-9(7-10(11)13(14,15)16)12(8-17)5-2-6-12/h3-4,7H,2,5-6,8,17H2,1H3. The predicted octanol–water partition coefficient (Wildman–Crippen LogP) is 3.09. The van der Waals surface area contributed by atoms with Crippen molar-refractivity contribution in [2.24, 2.45) is 5.73 Å². The number of halogens is 3. The van der Waals surface area contributed by atoms with Crippen molar-refractivity contribution in [3.8, 4) is 5.75 Å². The highest BCUT2D eigenvalue weighted by molar-refractivity contribution is 5.43. The molecule has 5 heteroatoms. The van der Waals surface area contributed by atoms with Crippen LogP contribution >= 0.6 is 0 Å². The van der Waals surface area contributed by atoms with Gasteiger partial charge in [0.25, 0.3) is 0 Å². The van der Waals surface area contributed by atoms with Crippen LogP contribution in [0.3, 0.4) is 0 Å². The second kappa shape index (κ2) is 4.46. The summed E-state index contributed by atoms with van der Waals surface area (Å²) in [5.74, 6) is -0.141. The SMILES string of the molecule is COc1ccc(C2(CN)CCC2)cc1C(F)(F)F. The normalized spacial score (nSPS) is 18.3. The van der Waals surface area contributed by atoms with Gasteiger partial charge in [-0.15, -0.1) is 0 Å². The van der Waals surface area contributed by atoms with E-state index in [0.717, 1.165) is 19.3 Å². The summed E-state index contributed by atoms with van der Waals surface area (Å²) in [4.78, 5) is 0. The Kier molecular flexibility index (Phi) is 3.27. The number of ether oxygens (including phenoxy) is 1. The van der Waals surface area contributed by atoms with Crippen molar-refractivity contribution in [1.29, 1.82) is 0 Å². The Balaban J connectivity index is 2.46. The van der Waals surface area contributed by atoms with Crippen molar-refractivity contribution < 1.29 is 17.9 Å². The molecule has 0 unspecified atom stereocenters. The monoisotopic (exact) mass is 259 g/mol. The lowest BCUT2D eigenvalue weighted by molar-refractivity contribution is -0.138. The van der Waals surface area contributed by atoms with E-state index in [-0.39, 0.29) is 11.2 Å². The van der Waals surface area contributed by atoms with Gasteiger partial charge in [-0.25, -0.2) is 0 Å². The minimum absolute atomic E-state index is 0.141. The third-order valence-electron chi connectivity index (χ3n) is 3.82. The van der Waals surface area contributed by atoms with Crippen LogP contribution in [0.1, 0.15) is 30.4 Å². The molecule has 100 valence electrons. The fourth-order valence-electron chi connectivity index (χ4n) is 2.47. The van der Waals surface area contributed by atoms with E-state index < -0.39 is 11.7 Å². The fourth-order valence-corrected chi connectivity index (χ4v) is 2.47. The topological polar surface area (TPSA) is 35.2 Å². The van der Waals surface area contributed by atoms with Gasteiger partial charge in [0.1, 0.15) is 5.75 Å². The van der Waals surface area contributed by atoms with E-state index in [1.54, 1.807) is 6.07 Å². The van der Waals surface area contributed by atoms with Crippen LogP contribution in [0.15, 0.2) is 18.2 Å².